The maximum atomic E-state index is 13.3. The molecule has 0 saturated carbocycles. The number of halogens is 3. The van der Waals surface area contributed by atoms with Crippen molar-refractivity contribution in [1.82, 2.24) is 5.43 Å². The summed E-state index contributed by atoms with van der Waals surface area (Å²) in [6, 6.07) is 17.5. The lowest BCUT2D eigenvalue weighted by molar-refractivity contribution is 0.0955. The van der Waals surface area contributed by atoms with Gasteiger partial charge in [-0.1, -0.05) is 12.1 Å². The van der Waals surface area contributed by atoms with Crippen LogP contribution < -0.4 is 15.1 Å². The molecule has 33 heavy (non-hydrogen) atoms. The zero-order valence-corrected chi connectivity index (χ0v) is 20.9. The van der Waals surface area contributed by atoms with E-state index < -0.39 is 0 Å². The molecule has 0 bridgehead atoms. The van der Waals surface area contributed by atoms with Gasteiger partial charge < -0.3 is 9.64 Å². The number of carbonyl (C=O) groups is 1. The number of amides is 1. The Morgan fingerprint density at radius 2 is 1.76 bits per heavy atom. The minimum absolute atomic E-state index is 0.231. The van der Waals surface area contributed by atoms with Crippen LogP contribution in [0.25, 0.3) is 0 Å². The molecule has 3 aromatic rings. The molecule has 1 N–H and O–H groups in total. The number of benzene rings is 3. The minimum atomic E-state index is -0.301. The molecule has 4 rings (SSSR count). The van der Waals surface area contributed by atoms with Gasteiger partial charge in [0.1, 0.15) is 18.2 Å². The summed E-state index contributed by atoms with van der Waals surface area (Å²) >= 11 is 6.99. The minimum Gasteiger partial charge on any atom is -0.487 e. The van der Waals surface area contributed by atoms with Crippen LogP contribution in [0.4, 0.5) is 10.1 Å². The van der Waals surface area contributed by atoms with E-state index in [1.165, 1.54) is 25.0 Å². The first-order chi connectivity index (χ1) is 16.0. The molecule has 1 saturated heterocycles. The Bertz CT molecular complexity index is 1140. The largest absolute Gasteiger partial charge is 0.487 e. The zero-order valence-electron chi connectivity index (χ0n) is 17.7. The Labute approximate surface area is 208 Å². The molecule has 1 heterocycles. The smallest absolute Gasteiger partial charge is 0.271 e. The van der Waals surface area contributed by atoms with E-state index in [4.69, 9.17) is 4.74 Å². The number of hydrogen-bond donors (Lipinski definition) is 1. The van der Waals surface area contributed by atoms with Crippen LogP contribution in [0.2, 0.25) is 0 Å². The fraction of sp³-hybridized carbons (Fsp3) is 0.200. The van der Waals surface area contributed by atoms with Gasteiger partial charge >= 0.3 is 0 Å². The first kappa shape index (κ1) is 23.4. The summed E-state index contributed by atoms with van der Waals surface area (Å²) in [4.78, 5) is 14.7. The molecule has 0 radical (unpaired) electrons. The molecule has 1 aliphatic heterocycles. The number of carbonyl (C=O) groups excluding carboxylic acids is 1. The lowest BCUT2D eigenvalue weighted by atomic mass is 10.2. The Morgan fingerprint density at radius 1 is 1.06 bits per heavy atom. The summed E-state index contributed by atoms with van der Waals surface area (Å²) in [5.74, 6) is 0.0244. The Hall–Kier alpha value is -2.71. The average Bonchev–Trinajstić information content (AvgIpc) is 3.34. The summed E-state index contributed by atoms with van der Waals surface area (Å²) < 4.78 is 20.6. The van der Waals surface area contributed by atoms with Crippen molar-refractivity contribution in [2.24, 2.45) is 5.10 Å². The number of rotatable bonds is 7. The quantitative estimate of drug-likeness (QED) is 0.266. The van der Waals surface area contributed by atoms with E-state index in [1.807, 2.05) is 36.4 Å². The Balaban J connectivity index is 1.35. The summed E-state index contributed by atoms with van der Waals surface area (Å²) in [6.45, 7) is 2.36. The molecule has 3 aromatic carbocycles. The van der Waals surface area contributed by atoms with Crippen molar-refractivity contribution in [2.75, 3.05) is 18.0 Å². The standard InChI is InChI=1S/C25H22Br2FN3O2/c26-22-13-18(14-23(27)24(22)33-16-17-4-3-5-20(28)12-17)15-29-30-25(32)19-6-8-21(9-7-19)31-10-1-2-11-31/h3-9,12-15H,1-2,10-11,16H2,(H,30,32)/b29-15-. The van der Waals surface area contributed by atoms with E-state index in [1.54, 1.807) is 18.3 Å². The lowest BCUT2D eigenvalue weighted by Gasteiger charge is -2.17. The van der Waals surface area contributed by atoms with Crippen molar-refractivity contribution in [3.05, 3.63) is 92.1 Å². The first-order valence-electron chi connectivity index (χ1n) is 10.5. The van der Waals surface area contributed by atoms with Gasteiger partial charge in [-0.2, -0.15) is 5.10 Å². The van der Waals surface area contributed by atoms with Crippen LogP contribution in [0, 0.1) is 5.82 Å². The van der Waals surface area contributed by atoms with Crippen molar-refractivity contribution in [3.8, 4) is 5.75 Å². The SMILES string of the molecule is O=C(N/N=C\c1cc(Br)c(OCc2cccc(F)c2)c(Br)c1)c1ccc(N2CCCC2)cc1. The third kappa shape index (κ3) is 6.21. The predicted octanol–water partition coefficient (Wildman–Crippen LogP) is 6.29. The molecule has 0 aliphatic carbocycles. The van der Waals surface area contributed by atoms with E-state index in [-0.39, 0.29) is 18.3 Å². The second-order valence-electron chi connectivity index (χ2n) is 7.67. The normalized spacial score (nSPS) is 13.5. The fourth-order valence-corrected chi connectivity index (χ4v) is 5.05. The molecular formula is C25H22Br2FN3O2. The van der Waals surface area contributed by atoms with Gasteiger partial charge in [0.15, 0.2) is 0 Å². The number of nitrogens with zero attached hydrogens (tertiary/aromatic N) is 2. The van der Waals surface area contributed by atoms with Crippen LogP contribution in [-0.4, -0.2) is 25.2 Å². The second kappa shape index (κ2) is 10.9. The van der Waals surface area contributed by atoms with Gasteiger partial charge in [0.2, 0.25) is 0 Å². The number of nitrogens with one attached hydrogen (secondary N) is 1. The second-order valence-corrected chi connectivity index (χ2v) is 9.38. The van der Waals surface area contributed by atoms with Crippen LogP contribution in [0.15, 0.2) is 74.7 Å². The number of hydrazone groups is 1. The molecule has 0 aromatic heterocycles. The maximum absolute atomic E-state index is 13.3. The zero-order chi connectivity index (χ0) is 23.2. The lowest BCUT2D eigenvalue weighted by Crippen LogP contribution is -2.19. The number of hydrogen-bond acceptors (Lipinski definition) is 4. The predicted molar refractivity (Wildman–Crippen MR) is 136 cm³/mol. The van der Waals surface area contributed by atoms with E-state index in [0.717, 1.165) is 29.9 Å². The molecule has 1 amide bonds. The molecule has 0 spiro atoms. The van der Waals surface area contributed by atoms with E-state index in [9.17, 15) is 9.18 Å². The topological polar surface area (TPSA) is 53.9 Å². The highest BCUT2D eigenvalue weighted by molar-refractivity contribution is 9.11. The van der Waals surface area contributed by atoms with Gasteiger partial charge in [0.05, 0.1) is 15.2 Å². The molecule has 5 nitrogen and oxygen atoms in total. The summed E-state index contributed by atoms with van der Waals surface area (Å²) in [5, 5.41) is 4.07. The number of ether oxygens (including phenoxy) is 1. The monoisotopic (exact) mass is 573 g/mol. The first-order valence-corrected chi connectivity index (χ1v) is 12.1. The third-order valence-corrected chi connectivity index (χ3v) is 6.45. The van der Waals surface area contributed by atoms with Crippen LogP contribution in [0.5, 0.6) is 5.75 Å². The van der Waals surface area contributed by atoms with Crippen LogP contribution >= 0.6 is 31.9 Å². The molecule has 8 heteroatoms. The fourth-order valence-electron chi connectivity index (χ4n) is 3.60. The van der Waals surface area contributed by atoms with Crippen molar-refractivity contribution in [1.29, 1.82) is 0 Å². The Kier molecular flexibility index (Phi) is 7.77. The van der Waals surface area contributed by atoms with Gasteiger partial charge in [-0.3, -0.25) is 4.79 Å². The average molecular weight is 575 g/mol. The highest BCUT2D eigenvalue weighted by Crippen LogP contribution is 2.35. The highest BCUT2D eigenvalue weighted by atomic mass is 79.9. The van der Waals surface area contributed by atoms with Crippen LogP contribution in [-0.2, 0) is 6.61 Å². The van der Waals surface area contributed by atoms with E-state index >= 15 is 0 Å². The molecule has 170 valence electrons. The molecule has 1 fully saturated rings. The summed E-state index contributed by atoms with van der Waals surface area (Å²) in [7, 11) is 0. The molecular weight excluding hydrogens is 553 g/mol. The van der Waals surface area contributed by atoms with Gasteiger partial charge in [-0.25, -0.2) is 9.82 Å². The third-order valence-electron chi connectivity index (χ3n) is 5.27. The Morgan fingerprint density at radius 3 is 2.42 bits per heavy atom. The summed E-state index contributed by atoms with van der Waals surface area (Å²) in [5.41, 5.74) is 5.75. The number of anilines is 1. The van der Waals surface area contributed by atoms with Crippen molar-refractivity contribution in [2.45, 2.75) is 19.4 Å². The van der Waals surface area contributed by atoms with Crippen LogP contribution in [0.3, 0.4) is 0 Å². The molecule has 0 unspecified atom stereocenters. The van der Waals surface area contributed by atoms with Crippen molar-refractivity contribution >= 4 is 49.7 Å². The maximum Gasteiger partial charge on any atom is 0.271 e. The van der Waals surface area contributed by atoms with E-state index in [2.05, 4.69) is 47.3 Å². The van der Waals surface area contributed by atoms with Crippen molar-refractivity contribution < 1.29 is 13.9 Å². The molecule has 0 atom stereocenters. The van der Waals surface area contributed by atoms with Gasteiger partial charge in [-0.15, -0.1) is 0 Å². The molecule has 1 aliphatic rings. The summed E-state index contributed by atoms with van der Waals surface area (Å²) in [6.07, 6.45) is 3.98. The van der Waals surface area contributed by atoms with Crippen molar-refractivity contribution in [3.63, 3.8) is 0 Å². The highest BCUT2D eigenvalue weighted by Gasteiger charge is 2.13. The van der Waals surface area contributed by atoms with Gasteiger partial charge in [-0.05, 0) is 104 Å². The van der Waals surface area contributed by atoms with E-state index in [0.29, 0.717) is 20.3 Å². The van der Waals surface area contributed by atoms with Gasteiger partial charge in [0, 0.05) is 24.3 Å². The van der Waals surface area contributed by atoms with Gasteiger partial charge in [0.25, 0.3) is 5.91 Å². The van der Waals surface area contributed by atoms with Crippen LogP contribution in [0.1, 0.15) is 34.3 Å².